The van der Waals surface area contributed by atoms with Crippen molar-refractivity contribution in [1.29, 1.82) is 0 Å². The van der Waals surface area contributed by atoms with E-state index in [4.69, 9.17) is 9.47 Å². The Labute approximate surface area is 93.4 Å². The van der Waals surface area contributed by atoms with Crippen LogP contribution in [-0.4, -0.2) is 24.1 Å². The van der Waals surface area contributed by atoms with Crippen molar-refractivity contribution < 1.29 is 23.0 Å². The van der Waals surface area contributed by atoms with Crippen LogP contribution in [0.25, 0.3) is 0 Å². The van der Waals surface area contributed by atoms with E-state index in [1.807, 2.05) is 0 Å². The fraction of sp³-hybridized carbons (Fsp3) is 0.727. The molecule has 3 nitrogen and oxygen atoms in total. The van der Waals surface area contributed by atoms with Crippen LogP contribution < -0.4 is 0 Å². The molecule has 0 N–H and O–H groups in total. The minimum Gasteiger partial charge on any atom is -0.499 e. The number of hydrogen-bond acceptors (Lipinski definition) is 3. The van der Waals surface area contributed by atoms with Gasteiger partial charge in [-0.15, -0.1) is 0 Å². The summed E-state index contributed by atoms with van der Waals surface area (Å²) in [6.07, 6.45) is 3.52. The smallest absolute Gasteiger partial charge is 0.376 e. The van der Waals surface area contributed by atoms with Crippen molar-refractivity contribution in [3.63, 3.8) is 0 Å². The lowest BCUT2D eigenvalue weighted by molar-refractivity contribution is -0.177. The van der Waals surface area contributed by atoms with Crippen LogP contribution in [0.1, 0.15) is 32.6 Å². The van der Waals surface area contributed by atoms with E-state index in [1.165, 1.54) is 6.26 Å². The third kappa shape index (κ3) is 3.79. The van der Waals surface area contributed by atoms with Crippen molar-refractivity contribution in [2.75, 3.05) is 0 Å². The van der Waals surface area contributed by atoms with Crippen molar-refractivity contribution in [1.82, 2.24) is 0 Å². The molecule has 1 aliphatic rings. The molecule has 0 heterocycles. The molecule has 0 aliphatic heterocycles. The largest absolute Gasteiger partial charge is 0.499 e. The summed E-state index contributed by atoms with van der Waals surface area (Å²) in [5.41, 5.74) is 0. The first-order valence-electron chi connectivity index (χ1n) is 5.28. The fourth-order valence-electron chi connectivity index (χ4n) is 1.68. The summed E-state index contributed by atoms with van der Waals surface area (Å²) >= 11 is 0. The molecule has 1 saturated carbocycles. The lowest BCUT2D eigenvalue weighted by Gasteiger charge is -2.28. The molecule has 5 heteroatoms. The Balaban J connectivity index is 2.32. The molecular formula is C11H16F2O3. The standard InChI is InChI=1S/C11H16F2O3/c1-3-15-8-4-6-9(7-5-8)16-10(14)11(2,12)13/h3,8-9H,1,4-7H2,2H3. The molecule has 0 aromatic rings. The van der Waals surface area contributed by atoms with Crippen molar-refractivity contribution in [3.8, 4) is 0 Å². The number of halogens is 2. The van der Waals surface area contributed by atoms with Gasteiger partial charge in [0.2, 0.25) is 0 Å². The summed E-state index contributed by atoms with van der Waals surface area (Å²) in [7, 11) is 0. The Bertz CT molecular complexity index is 252. The molecular weight excluding hydrogens is 218 g/mol. The molecule has 1 fully saturated rings. The number of alkyl halides is 2. The summed E-state index contributed by atoms with van der Waals surface area (Å²) < 4.78 is 35.0. The molecule has 1 aliphatic carbocycles. The fourth-order valence-corrected chi connectivity index (χ4v) is 1.68. The van der Waals surface area contributed by atoms with Crippen molar-refractivity contribution in [3.05, 3.63) is 12.8 Å². The number of rotatable bonds is 4. The zero-order chi connectivity index (χ0) is 12.2. The van der Waals surface area contributed by atoms with Crippen molar-refractivity contribution >= 4 is 5.97 Å². The number of carbonyl (C=O) groups is 1. The van der Waals surface area contributed by atoms with Crippen LogP contribution in [0.3, 0.4) is 0 Å². The normalized spacial score (nSPS) is 25.9. The van der Waals surface area contributed by atoms with Crippen LogP contribution in [0.2, 0.25) is 0 Å². The quantitative estimate of drug-likeness (QED) is 0.554. The van der Waals surface area contributed by atoms with Gasteiger partial charge in [0.25, 0.3) is 0 Å². The maximum absolute atomic E-state index is 12.6. The van der Waals surface area contributed by atoms with E-state index < -0.39 is 18.0 Å². The van der Waals surface area contributed by atoms with Crippen LogP contribution in [-0.2, 0) is 14.3 Å². The molecule has 1 rings (SSSR count). The van der Waals surface area contributed by atoms with E-state index in [0.29, 0.717) is 32.6 Å². The Morgan fingerprint density at radius 2 is 1.81 bits per heavy atom. The maximum Gasteiger partial charge on any atom is 0.376 e. The Hall–Kier alpha value is -1.13. The van der Waals surface area contributed by atoms with Gasteiger partial charge >= 0.3 is 11.9 Å². The second-order valence-electron chi connectivity index (χ2n) is 4.00. The molecule has 0 atom stereocenters. The van der Waals surface area contributed by atoms with E-state index >= 15 is 0 Å². The van der Waals surface area contributed by atoms with Crippen LogP contribution in [0.5, 0.6) is 0 Å². The average Bonchev–Trinajstić information content (AvgIpc) is 2.20. The van der Waals surface area contributed by atoms with Crippen molar-refractivity contribution in [2.45, 2.75) is 50.7 Å². The van der Waals surface area contributed by atoms with Crippen LogP contribution in [0, 0.1) is 0 Å². The summed E-state index contributed by atoms with van der Waals surface area (Å²) in [6, 6.07) is 0. The minimum absolute atomic E-state index is 0.0644. The summed E-state index contributed by atoms with van der Waals surface area (Å²) in [4.78, 5) is 10.9. The summed E-state index contributed by atoms with van der Waals surface area (Å²) in [5.74, 6) is -4.85. The molecule has 0 aromatic carbocycles. The number of esters is 1. The van der Waals surface area contributed by atoms with Gasteiger partial charge in [-0.3, -0.25) is 0 Å². The highest BCUT2D eigenvalue weighted by Crippen LogP contribution is 2.25. The second kappa shape index (κ2) is 5.27. The first-order valence-corrected chi connectivity index (χ1v) is 5.28. The molecule has 0 aromatic heterocycles. The highest BCUT2D eigenvalue weighted by Gasteiger charge is 2.37. The maximum atomic E-state index is 12.6. The van der Waals surface area contributed by atoms with Crippen molar-refractivity contribution in [2.24, 2.45) is 0 Å². The van der Waals surface area contributed by atoms with Gasteiger partial charge < -0.3 is 9.47 Å². The van der Waals surface area contributed by atoms with Gasteiger partial charge in [0, 0.05) is 6.92 Å². The van der Waals surface area contributed by atoms with E-state index in [0.717, 1.165) is 0 Å². The highest BCUT2D eigenvalue weighted by atomic mass is 19.3. The summed E-state index contributed by atoms with van der Waals surface area (Å²) in [6.45, 7) is 3.99. The molecule has 0 spiro atoms. The summed E-state index contributed by atoms with van der Waals surface area (Å²) in [5, 5.41) is 0. The van der Waals surface area contributed by atoms with Crippen LogP contribution >= 0.6 is 0 Å². The number of hydrogen-bond donors (Lipinski definition) is 0. The van der Waals surface area contributed by atoms with Gasteiger partial charge in [0.1, 0.15) is 6.10 Å². The van der Waals surface area contributed by atoms with Gasteiger partial charge in [-0.2, -0.15) is 8.78 Å². The van der Waals surface area contributed by atoms with Gasteiger partial charge in [-0.1, -0.05) is 6.58 Å². The molecule has 92 valence electrons. The minimum atomic E-state index is -3.41. The monoisotopic (exact) mass is 234 g/mol. The molecule has 16 heavy (non-hydrogen) atoms. The van der Waals surface area contributed by atoms with E-state index in [9.17, 15) is 13.6 Å². The van der Waals surface area contributed by atoms with Crippen LogP contribution in [0.15, 0.2) is 12.8 Å². The third-order valence-corrected chi connectivity index (χ3v) is 2.54. The Morgan fingerprint density at radius 3 is 2.25 bits per heavy atom. The van der Waals surface area contributed by atoms with Gasteiger partial charge in [-0.25, -0.2) is 4.79 Å². The number of ether oxygens (including phenoxy) is 2. The predicted molar refractivity (Wildman–Crippen MR) is 54.0 cm³/mol. The zero-order valence-corrected chi connectivity index (χ0v) is 9.25. The lowest BCUT2D eigenvalue weighted by Crippen LogP contribution is -2.34. The van der Waals surface area contributed by atoms with E-state index in [1.54, 1.807) is 0 Å². The molecule has 0 bridgehead atoms. The Kier molecular flexibility index (Phi) is 4.26. The molecule has 0 amide bonds. The topological polar surface area (TPSA) is 35.5 Å². The van der Waals surface area contributed by atoms with E-state index in [-0.39, 0.29) is 6.10 Å². The van der Waals surface area contributed by atoms with E-state index in [2.05, 4.69) is 6.58 Å². The Morgan fingerprint density at radius 1 is 1.31 bits per heavy atom. The lowest BCUT2D eigenvalue weighted by atomic mass is 9.95. The molecule has 0 radical (unpaired) electrons. The average molecular weight is 234 g/mol. The first-order chi connectivity index (χ1) is 7.43. The zero-order valence-electron chi connectivity index (χ0n) is 9.25. The van der Waals surface area contributed by atoms with Crippen LogP contribution in [0.4, 0.5) is 8.78 Å². The molecule has 0 saturated heterocycles. The van der Waals surface area contributed by atoms with Gasteiger partial charge in [0.15, 0.2) is 0 Å². The van der Waals surface area contributed by atoms with Gasteiger partial charge in [-0.05, 0) is 25.7 Å². The second-order valence-corrected chi connectivity index (χ2v) is 4.00. The number of carbonyl (C=O) groups excluding carboxylic acids is 1. The van der Waals surface area contributed by atoms with Gasteiger partial charge in [0.05, 0.1) is 12.4 Å². The first kappa shape index (κ1) is 12.9. The predicted octanol–water partition coefficient (Wildman–Crippen LogP) is 2.66. The molecule has 0 unspecified atom stereocenters. The third-order valence-electron chi connectivity index (χ3n) is 2.54. The highest BCUT2D eigenvalue weighted by molar-refractivity contribution is 5.77. The SMILES string of the molecule is C=COC1CCC(OC(=O)C(C)(F)F)CC1.